The minimum Gasteiger partial charge on any atom is -0.480 e. The first kappa shape index (κ1) is 19.1. The highest BCUT2D eigenvalue weighted by Gasteiger charge is 2.29. The molecule has 1 rings (SSSR count). The molecule has 0 aliphatic carbocycles. The van der Waals surface area contributed by atoms with Crippen molar-refractivity contribution in [3.63, 3.8) is 0 Å². The van der Waals surface area contributed by atoms with Crippen molar-refractivity contribution in [2.24, 2.45) is 0 Å². The monoisotopic (exact) mass is 345 g/mol. The molecule has 23 heavy (non-hydrogen) atoms. The maximum absolute atomic E-state index is 12.9. The maximum Gasteiger partial charge on any atom is 0.323 e. The van der Waals surface area contributed by atoms with E-state index in [0.717, 1.165) is 29.2 Å². The van der Waals surface area contributed by atoms with Gasteiger partial charge < -0.3 is 10.0 Å². The van der Waals surface area contributed by atoms with Crippen molar-refractivity contribution in [2.45, 2.75) is 43.4 Å². The number of rotatable bonds is 7. The van der Waals surface area contributed by atoms with Crippen LogP contribution in [0.25, 0.3) is 0 Å². The van der Waals surface area contributed by atoms with Crippen molar-refractivity contribution in [1.29, 1.82) is 0 Å². The fraction of sp³-hybridized carbons (Fsp3) is 0.467. The quantitative estimate of drug-likeness (QED) is 0.760. The number of hydrogen-bond donors (Lipinski definition) is 1. The fourth-order valence-electron chi connectivity index (χ4n) is 2.03. The average molecular weight is 345 g/mol. The second kappa shape index (κ2) is 7.54. The molecule has 0 radical (unpaired) electrons. The molecular formula is C15H20FNO5S. The van der Waals surface area contributed by atoms with Gasteiger partial charge in [-0.1, -0.05) is 0 Å². The Morgan fingerprint density at radius 1 is 1.17 bits per heavy atom. The van der Waals surface area contributed by atoms with Gasteiger partial charge in [-0.2, -0.15) is 0 Å². The van der Waals surface area contributed by atoms with E-state index in [-0.39, 0.29) is 17.4 Å². The second-order valence-corrected chi connectivity index (χ2v) is 7.89. The summed E-state index contributed by atoms with van der Waals surface area (Å²) in [4.78, 5) is 24.0. The van der Waals surface area contributed by atoms with Crippen LogP contribution >= 0.6 is 0 Å². The summed E-state index contributed by atoms with van der Waals surface area (Å²) in [7, 11) is -3.80. The Bertz CT molecular complexity index is 670. The molecule has 1 aromatic carbocycles. The SMILES string of the molecule is CC(C)N(CC(=O)O)C(=O)CC(C)S(=O)(=O)c1ccc(F)cc1. The molecule has 0 spiro atoms. The highest BCUT2D eigenvalue weighted by atomic mass is 32.2. The molecule has 8 heteroatoms. The molecule has 1 atom stereocenters. The summed E-state index contributed by atoms with van der Waals surface area (Å²) in [5.74, 6) is -2.28. The second-order valence-electron chi connectivity index (χ2n) is 5.52. The topological polar surface area (TPSA) is 91.8 Å². The molecule has 1 aromatic rings. The lowest BCUT2D eigenvalue weighted by Crippen LogP contribution is -2.42. The molecule has 0 saturated carbocycles. The Labute approximate surface area is 134 Å². The minimum absolute atomic E-state index is 0.0754. The van der Waals surface area contributed by atoms with Crippen LogP contribution in [0.4, 0.5) is 4.39 Å². The molecule has 0 heterocycles. The lowest BCUT2D eigenvalue weighted by Gasteiger charge is -2.26. The summed E-state index contributed by atoms with van der Waals surface area (Å²) < 4.78 is 37.7. The van der Waals surface area contributed by atoms with Crippen molar-refractivity contribution < 1.29 is 27.5 Å². The van der Waals surface area contributed by atoms with E-state index in [1.165, 1.54) is 6.92 Å². The van der Waals surface area contributed by atoms with Crippen LogP contribution in [0.1, 0.15) is 27.2 Å². The number of sulfone groups is 1. The molecule has 0 bridgehead atoms. The first-order valence-corrected chi connectivity index (χ1v) is 8.61. The largest absolute Gasteiger partial charge is 0.480 e. The van der Waals surface area contributed by atoms with Crippen LogP contribution in [0.15, 0.2) is 29.2 Å². The molecule has 128 valence electrons. The van der Waals surface area contributed by atoms with Crippen molar-refractivity contribution in [2.75, 3.05) is 6.54 Å². The molecule has 1 N–H and O–H groups in total. The number of carbonyl (C=O) groups excluding carboxylic acids is 1. The van der Waals surface area contributed by atoms with E-state index in [9.17, 15) is 22.4 Å². The van der Waals surface area contributed by atoms with Crippen LogP contribution in [0, 0.1) is 5.82 Å². The Morgan fingerprint density at radius 2 is 1.70 bits per heavy atom. The van der Waals surface area contributed by atoms with E-state index in [1.54, 1.807) is 13.8 Å². The number of carboxylic acids is 1. The van der Waals surface area contributed by atoms with Crippen molar-refractivity contribution in [1.82, 2.24) is 4.90 Å². The molecule has 0 aliphatic heterocycles. The number of benzene rings is 1. The van der Waals surface area contributed by atoms with Gasteiger partial charge >= 0.3 is 5.97 Å². The lowest BCUT2D eigenvalue weighted by atomic mass is 10.2. The third-order valence-electron chi connectivity index (χ3n) is 3.38. The van der Waals surface area contributed by atoms with Crippen molar-refractivity contribution in [3.8, 4) is 0 Å². The van der Waals surface area contributed by atoms with Gasteiger partial charge in [0.05, 0.1) is 10.1 Å². The first-order valence-electron chi connectivity index (χ1n) is 7.06. The van der Waals surface area contributed by atoms with Crippen LogP contribution < -0.4 is 0 Å². The Morgan fingerprint density at radius 3 is 2.13 bits per heavy atom. The third kappa shape index (κ3) is 5.02. The molecule has 0 saturated heterocycles. The van der Waals surface area contributed by atoms with Gasteiger partial charge in [-0.05, 0) is 45.0 Å². The number of amides is 1. The van der Waals surface area contributed by atoms with Crippen LogP contribution in [-0.2, 0) is 19.4 Å². The summed E-state index contributed by atoms with van der Waals surface area (Å²) in [6, 6.07) is 3.99. The molecule has 0 fully saturated rings. The molecule has 1 unspecified atom stereocenters. The van der Waals surface area contributed by atoms with Gasteiger partial charge in [0.2, 0.25) is 5.91 Å². The zero-order valence-corrected chi connectivity index (χ0v) is 14.0. The highest BCUT2D eigenvalue weighted by Crippen LogP contribution is 2.19. The third-order valence-corrected chi connectivity index (χ3v) is 5.54. The van der Waals surface area contributed by atoms with Crippen LogP contribution in [0.3, 0.4) is 0 Å². The van der Waals surface area contributed by atoms with E-state index in [4.69, 9.17) is 5.11 Å². The number of carboxylic acid groups (broad SMARTS) is 1. The molecule has 6 nitrogen and oxygen atoms in total. The number of halogens is 1. The smallest absolute Gasteiger partial charge is 0.323 e. The van der Waals surface area contributed by atoms with Gasteiger partial charge in [0, 0.05) is 12.5 Å². The molecule has 0 aromatic heterocycles. The summed E-state index contributed by atoms with van der Waals surface area (Å²) in [6.45, 7) is 4.19. The summed E-state index contributed by atoms with van der Waals surface area (Å²) in [5, 5.41) is 7.79. The molecular weight excluding hydrogens is 325 g/mol. The highest BCUT2D eigenvalue weighted by molar-refractivity contribution is 7.92. The summed E-state index contributed by atoms with van der Waals surface area (Å²) in [5.41, 5.74) is 0. The molecule has 0 aliphatic rings. The standard InChI is InChI=1S/C15H20FNO5S/c1-10(2)17(9-15(19)20)14(18)8-11(3)23(21,22)13-6-4-12(16)5-7-13/h4-7,10-11H,8-9H2,1-3H3,(H,19,20). The normalized spacial score (nSPS) is 12.9. The van der Waals surface area contributed by atoms with E-state index < -0.39 is 39.3 Å². The van der Waals surface area contributed by atoms with E-state index in [0.29, 0.717) is 0 Å². The van der Waals surface area contributed by atoms with Crippen LogP contribution in [0.5, 0.6) is 0 Å². The van der Waals surface area contributed by atoms with Crippen LogP contribution in [-0.4, -0.2) is 48.1 Å². The first-order chi connectivity index (χ1) is 10.6. The predicted molar refractivity (Wildman–Crippen MR) is 82.1 cm³/mol. The fourth-order valence-corrected chi connectivity index (χ4v) is 3.38. The summed E-state index contributed by atoms with van der Waals surface area (Å²) in [6.07, 6.45) is -0.342. The van der Waals surface area contributed by atoms with E-state index in [1.807, 2.05) is 0 Å². The van der Waals surface area contributed by atoms with Crippen molar-refractivity contribution >= 4 is 21.7 Å². The number of carbonyl (C=O) groups is 2. The van der Waals surface area contributed by atoms with Crippen LogP contribution in [0.2, 0.25) is 0 Å². The molecule has 1 amide bonds. The van der Waals surface area contributed by atoms with Gasteiger partial charge in [0.1, 0.15) is 12.4 Å². The van der Waals surface area contributed by atoms with Gasteiger partial charge in [-0.25, -0.2) is 12.8 Å². The van der Waals surface area contributed by atoms with Gasteiger partial charge in [-0.15, -0.1) is 0 Å². The average Bonchev–Trinajstić information content (AvgIpc) is 2.44. The van der Waals surface area contributed by atoms with E-state index in [2.05, 4.69) is 0 Å². The van der Waals surface area contributed by atoms with E-state index >= 15 is 0 Å². The number of nitrogens with zero attached hydrogens (tertiary/aromatic N) is 1. The zero-order valence-electron chi connectivity index (χ0n) is 13.2. The maximum atomic E-state index is 12.9. The van der Waals surface area contributed by atoms with Gasteiger partial charge in [0.25, 0.3) is 0 Å². The number of hydrogen-bond acceptors (Lipinski definition) is 4. The zero-order chi connectivity index (χ0) is 17.8. The number of aliphatic carboxylic acids is 1. The minimum atomic E-state index is -3.80. The lowest BCUT2D eigenvalue weighted by molar-refractivity contribution is -0.145. The predicted octanol–water partition coefficient (Wildman–Crippen LogP) is 1.70. The van der Waals surface area contributed by atoms with Crippen molar-refractivity contribution in [3.05, 3.63) is 30.1 Å². The van der Waals surface area contributed by atoms with Gasteiger partial charge in [-0.3, -0.25) is 9.59 Å². The van der Waals surface area contributed by atoms with Gasteiger partial charge in [0.15, 0.2) is 9.84 Å². The Kier molecular flexibility index (Phi) is 6.26. The Balaban J connectivity index is 2.92. The summed E-state index contributed by atoms with van der Waals surface area (Å²) >= 11 is 0. The Hall–Kier alpha value is -1.96.